The highest BCUT2D eigenvalue weighted by atomic mass is 16.5. The summed E-state index contributed by atoms with van der Waals surface area (Å²) < 4.78 is 10.1. The standard InChI is InChI=1S/C17H18N2O4/c1-3-23-15-10-5-4-9-14(15)19-17(21)18-13-8-6-7-12(11-13)16(20)22-2/h4-11H,3H2,1-2H3,(H2,18,19,21). The Morgan fingerprint density at radius 2 is 1.83 bits per heavy atom. The first kappa shape index (κ1) is 16.4. The number of rotatable bonds is 5. The molecule has 2 N–H and O–H groups in total. The summed E-state index contributed by atoms with van der Waals surface area (Å²) in [6, 6.07) is 13.2. The zero-order chi connectivity index (χ0) is 16.7. The second-order valence-electron chi connectivity index (χ2n) is 4.58. The molecule has 6 nitrogen and oxygen atoms in total. The number of urea groups is 1. The third-order valence-corrected chi connectivity index (χ3v) is 2.98. The number of hydrogen-bond acceptors (Lipinski definition) is 4. The van der Waals surface area contributed by atoms with Gasteiger partial charge < -0.3 is 20.1 Å². The lowest BCUT2D eigenvalue weighted by atomic mass is 10.2. The van der Waals surface area contributed by atoms with Crippen molar-refractivity contribution >= 4 is 23.4 Å². The lowest BCUT2D eigenvalue weighted by Gasteiger charge is -2.12. The fourth-order valence-electron chi connectivity index (χ4n) is 1.98. The number of anilines is 2. The molecule has 0 fully saturated rings. The molecule has 0 heterocycles. The van der Waals surface area contributed by atoms with Crippen LogP contribution >= 0.6 is 0 Å². The molecule has 2 aromatic rings. The van der Waals surface area contributed by atoms with E-state index < -0.39 is 12.0 Å². The zero-order valence-electron chi connectivity index (χ0n) is 13.0. The van der Waals surface area contributed by atoms with Crippen LogP contribution in [0.5, 0.6) is 5.75 Å². The van der Waals surface area contributed by atoms with Gasteiger partial charge in [-0.1, -0.05) is 18.2 Å². The maximum Gasteiger partial charge on any atom is 0.337 e. The van der Waals surface area contributed by atoms with E-state index in [0.717, 1.165) is 0 Å². The van der Waals surface area contributed by atoms with Gasteiger partial charge in [0, 0.05) is 5.69 Å². The molecule has 2 aromatic carbocycles. The number of benzene rings is 2. The molecule has 0 aliphatic carbocycles. The number of nitrogens with one attached hydrogen (secondary N) is 2. The first-order chi connectivity index (χ1) is 11.1. The van der Waals surface area contributed by atoms with Crippen LogP contribution in [0.15, 0.2) is 48.5 Å². The molecular formula is C17H18N2O4. The summed E-state index contributed by atoms with van der Waals surface area (Å²) >= 11 is 0. The Kier molecular flexibility index (Phi) is 5.57. The third-order valence-electron chi connectivity index (χ3n) is 2.98. The minimum Gasteiger partial charge on any atom is -0.492 e. The average molecular weight is 314 g/mol. The van der Waals surface area contributed by atoms with E-state index in [1.165, 1.54) is 7.11 Å². The van der Waals surface area contributed by atoms with Crippen molar-refractivity contribution < 1.29 is 19.1 Å². The van der Waals surface area contributed by atoms with Gasteiger partial charge in [-0.05, 0) is 37.3 Å². The van der Waals surface area contributed by atoms with Gasteiger partial charge in [-0.25, -0.2) is 9.59 Å². The number of hydrogen-bond donors (Lipinski definition) is 2. The van der Waals surface area contributed by atoms with Crippen molar-refractivity contribution in [2.45, 2.75) is 6.92 Å². The number of esters is 1. The Labute approximate surface area is 134 Å². The van der Waals surface area contributed by atoms with Crippen molar-refractivity contribution in [2.75, 3.05) is 24.4 Å². The lowest BCUT2D eigenvalue weighted by molar-refractivity contribution is 0.0600. The van der Waals surface area contributed by atoms with Crippen LogP contribution < -0.4 is 15.4 Å². The Hall–Kier alpha value is -3.02. The third kappa shape index (κ3) is 4.47. The van der Waals surface area contributed by atoms with Crippen LogP contribution in [0.3, 0.4) is 0 Å². The highest BCUT2D eigenvalue weighted by Crippen LogP contribution is 2.24. The first-order valence-corrected chi connectivity index (χ1v) is 7.12. The second-order valence-corrected chi connectivity index (χ2v) is 4.58. The fraction of sp³-hybridized carbons (Fsp3) is 0.176. The maximum absolute atomic E-state index is 12.1. The molecule has 0 radical (unpaired) electrons. The van der Waals surface area contributed by atoms with Crippen molar-refractivity contribution in [3.05, 3.63) is 54.1 Å². The number of amides is 2. The van der Waals surface area contributed by atoms with Crippen LogP contribution in [0.4, 0.5) is 16.2 Å². The van der Waals surface area contributed by atoms with Gasteiger partial charge in [0.15, 0.2) is 0 Å². The summed E-state index contributed by atoms with van der Waals surface area (Å²) in [5.74, 6) is 0.129. The van der Waals surface area contributed by atoms with Gasteiger partial charge in [-0.2, -0.15) is 0 Å². The van der Waals surface area contributed by atoms with Gasteiger partial charge in [0.05, 0.1) is 25.0 Å². The molecular weight excluding hydrogens is 296 g/mol. The molecule has 0 aliphatic rings. The fourth-order valence-corrected chi connectivity index (χ4v) is 1.98. The molecule has 0 unspecified atom stereocenters. The monoisotopic (exact) mass is 314 g/mol. The predicted molar refractivity (Wildman–Crippen MR) is 88.0 cm³/mol. The molecule has 120 valence electrons. The molecule has 23 heavy (non-hydrogen) atoms. The van der Waals surface area contributed by atoms with Gasteiger partial charge in [-0.3, -0.25) is 0 Å². The molecule has 2 rings (SSSR count). The van der Waals surface area contributed by atoms with Gasteiger partial charge in [0.1, 0.15) is 5.75 Å². The van der Waals surface area contributed by atoms with Crippen LogP contribution in [0.25, 0.3) is 0 Å². The van der Waals surface area contributed by atoms with E-state index >= 15 is 0 Å². The van der Waals surface area contributed by atoms with Crippen molar-refractivity contribution in [3.63, 3.8) is 0 Å². The van der Waals surface area contributed by atoms with Crippen LogP contribution in [0.2, 0.25) is 0 Å². The molecule has 0 aromatic heterocycles. The van der Waals surface area contributed by atoms with Crippen LogP contribution in [-0.4, -0.2) is 25.7 Å². The Bertz CT molecular complexity index is 700. The number of carbonyl (C=O) groups is 2. The Balaban J connectivity index is 2.07. The number of ether oxygens (including phenoxy) is 2. The van der Waals surface area contributed by atoms with E-state index in [2.05, 4.69) is 15.4 Å². The molecule has 0 atom stereocenters. The summed E-state index contributed by atoms with van der Waals surface area (Å²) in [6.07, 6.45) is 0. The minimum atomic E-state index is -0.462. The molecule has 0 bridgehead atoms. The van der Waals surface area contributed by atoms with Gasteiger partial charge in [0.25, 0.3) is 0 Å². The van der Waals surface area contributed by atoms with Crippen molar-refractivity contribution in [1.82, 2.24) is 0 Å². The van der Waals surface area contributed by atoms with Gasteiger partial charge in [0.2, 0.25) is 0 Å². The smallest absolute Gasteiger partial charge is 0.337 e. The molecule has 6 heteroatoms. The molecule has 0 saturated heterocycles. The maximum atomic E-state index is 12.1. The first-order valence-electron chi connectivity index (χ1n) is 7.12. The topological polar surface area (TPSA) is 76.7 Å². The summed E-state index contributed by atoms with van der Waals surface area (Å²) in [7, 11) is 1.31. The van der Waals surface area contributed by atoms with E-state index in [1.54, 1.807) is 42.5 Å². The average Bonchev–Trinajstić information content (AvgIpc) is 2.56. The molecule has 2 amide bonds. The van der Waals surface area contributed by atoms with Crippen molar-refractivity contribution in [2.24, 2.45) is 0 Å². The van der Waals surface area contributed by atoms with Crippen LogP contribution in [0.1, 0.15) is 17.3 Å². The molecule has 0 saturated carbocycles. The highest BCUT2D eigenvalue weighted by Gasteiger charge is 2.09. The minimum absolute atomic E-state index is 0.361. The van der Waals surface area contributed by atoms with E-state index in [0.29, 0.717) is 29.3 Å². The van der Waals surface area contributed by atoms with E-state index in [-0.39, 0.29) is 0 Å². The largest absolute Gasteiger partial charge is 0.492 e. The number of para-hydroxylation sites is 2. The zero-order valence-corrected chi connectivity index (χ0v) is 13.0. The summed E-state index contributed by atoms with van der Waals surface area (Å²) in [6.45, 7) is 2.37. The van der Waals surface area contributed by atoms with Gasteiger partial charge in [-0.15, -0.1) is 0 Å². The normalized spacial score (nSPS) is 9.83. The summed E-state index contributed by atoms with van der Waals surface area (Å²) in [4.78, 5) is 23.6. The highest BCUT2D eigenvalue weighted by molar-refractivity contribution is 6.01. The van der Waals surface area contributed by atoms with E-state index in [4.69, 9.17) is 4.74 Å². The summed E-state index contributed by atoms with van der Waals surface area (Å²) in [5, 5.41) is 5.38. The number of carbonyl (C=O) groups excluding carboxylic acids is 2. The molecule has 0 spiro atoms. The van der Waals surface area contributed by atoms with E-state index in [1.807, 2.05) is 13.0 Å². The lowest BCUT2D eigenvalue weighted by Crippen LogP contribution is -2.20. The summed E-state index contributed by atoms with van der Waals surface area (Å²) in [5.41, 5.74) is 1.41. The Morgan fingerprint density at radius 3 is 2.57 bits per heavy atom. The second kappa shape index (κ2) is 7.84. The van der Waals surface area contributed by atoms with Crippen molar-refractivity contribution in [1.29, 1.82) is 0 Å². The van der Waals surface area contributed by atoms with Crippen LogP contribution in [0, 0.1) is 0 Å². The van der Waals surface area contributed by atoms with E-state index in [9.17, 15) is 9.59 Å². The quantitative estimate of drug-likeness (QED) is 0.828. The number of methoxy groups -OCH3 is 1. The SMILES string of the molecule is CCOc1ccccc1NC(=O)Nc1cccc(C(=O)OC)c1. The molecule has 0 aliphatic heterocycles. The van der Waals surface area contributed by atoms with Crippen molar-refractivity contribution in [3.8, 4) is 5.75 Å². The van der Waals surface area contributed by atoms with Crippen LogP contribution in [-0.2, 0) is 4.74 Å². The van der Waals surface area contributed by atoms with Gasteiger partial charge >= 0.3 is 12.0 Å². The Morgan fingerprint density at radius 1 is 1.04 bits per heavy atom. The predicted octanol–water partition coefficient (Wildman–Crippen LogP) is 3.52.